The van der Waals surface area contributed by atoms with E-state index in [1.54, 1.807) is 0 Å². The molecule has 0 bridgehead atoms. The van der Waals surface area contributed by atoms with Crippen LogP contribution in [0.4, 0.5) is 0 Å². The lowest BCUT2D eigenvalue weighted by Crippen LogP contribution is -2.41. The maximum atomic E-state index is 12.2. The van der Waals surface area contributed by atoms with Gasteiger partial charge in [0.2, 0.25) is 17.6 Å². The highest BCUT2D eigenvalue weighted by Gasteiger charge is 2.26. The van der Waals surface area contributed by atoms with Gasteiger partial charge in [0.05, 0.1) is 6.54 Å². The van der Waals surface area contributed by atoms with Crippen LogP contribution in [-0.4, -0.2) is 40.6 Å². The number of benzene rings is 1. The number of piperidine rings is 1. The molecular formula is C19H25ClN4O2. The summed E-state index contributed by atoms with van der Waals surface area (Å²) in [5.41, 5.74) is 0.841. The van der Waals surface area contributed by atoms with E-state index in [1.165, 1.54) is 0 Å². The molecule has 1 aliphatic heterocycles. The predicted molar refractivity (Wildman–Crippen MR) is 101 cm³/mol. The van der Waals surface area contributed by atoms with Crippen molar-refractivity contribution in [2.24, 2.45) is 11.8 Å². The number of rotatable bonds is 6. The molecule has 3 rings (SSSR count). The lowest BCUT2D eigenvalue weighted by atomic mass is 9.95. The number of halogens is 1. The van der Waals surface area contributed by atoms with Crippen LogP contribution >= 0.6 is 11.6 Å². The summed E-state index contributed by atoms with van der Waals surface area (Å²) in [6, 6.07) is 7.40. The Labute approximate surface area is 158 Å². The van der Waals surface area contributed by atoms with Gasteiger partial charge in [-0.25, -0.2) is 0 Å². The van der Waals surface area contributed by atoms with Crippen LogP contribution in [0, 0.1) is 11.8 Å². The normalized spacial score (nSPS) is 16.2. The van der Waals surface area contributed by atoms with E-state index >= 15 is 0 Å². The Morgan fingerprint density at radius 2 is 2.15 bits per heavy atom. The summed E-state index contributed by atoms with van der Waals surface area (Å²) in [6.45, 7) is 7.26. The van der Waals surface area contributed by atoms with Crippen molar-refractivity contribution in [3.05, 3.63) is 35.2 Å². The Kier molecular flexibility index (Phi) is 6.27. The fourth-order valence-electron chi connectivity index (χ4n) is 3.06. The minimum atomic E-state index is 0.106. The van der Waals surface area contributed by atoms with Gasteiger partial charge in [-0.15, -0.1) is 0 Å². The third-order valence-corrected chi connectivity index (χ3v) is 4.79. The molecule has 0 aliphatic carbocycles. The Morgan fingerprint density at radius 1 is 1.38 bits per heavy atom. The first-order valence-corrected chi connectivity index (χ1v) is 9.47. The van der Waals surface area contributed by atoms with E-state index in [4.69, 9.17) is 16.1 Å². The van der Waals surface area contributed by atoms with Crippen LogP contribution < -0.4 is 5.32 Å². The van der Waals surface area contributed by atoms with E-state index in [2.05, 4.69) is 34.2 Å². The summed E-state index contributed by atoms with van der Waals surface area (Å²) in [6.07, 6.45) is 1.72. The number of hydrogen-bond acceptors (Lipinski definition) is 5. The number of aromatic nitrogens is 2. The minimum absolute atomic E-state index is 0.106. The van der Waals surface area contributed by atoms with Gasteiger partial charge in [0.1, 0.15) is 0 Å². The highest BCUT2D eigenvalue weighted by molar-refractivity contribution is 6.30. The predicted octanol–water partition coefficient (Wildman–Crippen LogP) is 3.37. The molecule has 140 valence electrons. The molecule has 1 aliphatic rings. The summed E-state index contributed by atoms with van der Waals surface area (Å²) in [7, 11) is 0. The fourth-order valence-corrected chi connectivity index (χ4v) is 3.25. The van der Waals surface area contributed by atoms with Gasteiger partial charge in [0.15, 0.2) is 0 Å². The van der Waals surface area contributed by atoms with E-state index in [-0.39, 0.29) is 11.8 Å². The van der Waals surface area contributed by atoms with Crippen molar-refractivity contribution in [1.29, 1.82) is 0 Å². The van der Waals surface area contributed by atoms with Crippen LogP contribution in [0.15, 0.2) is 28.8 Å². The summed E-state index contributed by atoms with van der Waals surface area (Å²) in [4.78, 5) is 18.9. The van der Waals surface area contributed by atoms with E-state index in [1.807, 2.05) is 24.3 Å². The zero-order valence-corrected chi connectivity index (χ0v) is 16.0. The van der Waals surface area contributed by atoms with Crippen molar-refractivity contribution in [2.45, 2.75) is 33.2 Å². The molecule has 7 heteroatoms. The number of nitrogens with one attached hydrogen (secondary N) is 1. The number of hydrogen-bond donors (Lipinski definition) is 1. The van der Waals surface area contributed by atoms with Gasteiger partial charge in [-0.1, -0.05) is 42.7 Å². The van der Waals surface area contributed by atoms with Crippen molar-refractivity contribution in [2.75, 3.05) is 19.6 Å². The van der Waals surface area contributed by atoms with Crippen LogP contribution in [-0.2, 0) is 11.3 Å². The van der Waals surface area contributed by atoms with Crippen molar-refractivity contribution in [3.63, 3.8) is 0 Å². The summed E-state index contributed by atoms with van der Waals surface area (Å²) in [5.74, 6) is 1.90. The first-order chi connectivity index (χ1) is 12.5. The molecule has 1 N–H and O–H groups in total. The first-order valence-electron chi connectivity index (χ1n) is 9.10. The molecule has 0 radical (unpaired) electrons. The molecule has 1 aromatic heterocycles. The smallest absolute Gasteiger partial charge is 0.241 e. The Morgan fingerprint density at radius 3 is 2.85 bits per heavy atom. The molecule has 1 saturated heterocycles. The topological polar surface area (TPSA) is 71.3 Å². The number of carbonyl (C=O) groups is 1. The minimum Gasteiger partial charge on any atom is -0.356 e. The molecular weight excluding hydrogens is 352 g/mol. The van der Waals surface area contributed by atoms with E-state index in [0.29, 0.717) is 29.2 Å². The number of carbonyl (C=O) groups excluding carboxylic acids is 1. The summed E-state index contributed by atoms with van der Waals surface area (Å²) >= 11 is 6.01. The average molecular weight is 377 g/mol. The summed E-state index contributed by atoms with van der Waals surface area (Å²) < 4.78 is 5.38. The molecule has 6 nitrogen and oxygen atoms in total. The third-order valence-electron chi connectivity index (χ3n) is 4.55. The maximum Gasteiger partial charge on any atom is 0.241 e. The zero-order chi connectivity index (χ0) is 18.5. The zero-order valence-electron chi connectivity index (χ0n) is 15.2. The van der Waals surface area contributed by atoms with Gasteiger partial charge in [-0.2, -0.15) is 4.98 Å². The maximum absolute atomic E-state index is 12.2. The highest BCUT2D eigenvalue weighted by atomic mass is 35.5. The Bertz CT molecular complexity index is 739. The van der Waals surface area contributed by atoms with Gasteiger partial charge < -0.3 is 9.84 Å². The standard InChI is InChI=1S/C19H25ClN4O2/c1-13(2)11-21-19(25)14-6-8-24(9-7-14)12-17-22-18(23-26-17)15-4-3-5-16(20)10-15/h3-5,10,13-14H,6-9,11-12H2,1-2H3,(H,21,25). The van der Waals surface area contributed by atoms with Crippen LogP contribution in [0.1, 0.15) is 32.6 Å². The summed E-state index contributed by atoms with van der Waals surface area (Å²) in [5, 5.41) is 7.72. The van der Waals surface area contributed by atoms with Gasteiger partial charge in [0, 0.05) is 23.0 Å². The fraction of sp³-hybridized carbons (Fsp3) is 0.526. The Balaban J connectivity index is 1.50. The van der Waals surface area contributed by atoms with Gasteiger partial charge in [0.25, 0.3) is 0 Å². The van der Waals surface area contributed by atoms with Gasteiger partial charge in [-0.3, -0.25) is 9.69 Å². The number of amides is 1. The van der Waals surface area contributed by atoms with Crippen LogP contribution in [0.2, 0.25) is 5.02 Å². The first kappa shape index (κ1) is 18.9. The van der Waals surface area contributed by atoms with E-state index in [9.17, 15) is 4.79 Å². The molecule has 0 saturated carbocycles. The largest absolute Gasteiger partial charge is 0.356 e. The number of likely N-dealkylation sites (tertiary alicyclic amines) is 1. The molecule has 0 unspecified atom stereocenters. The molecule has 2 heterocycles. The Hall–Kier alpha value is -1.92. The second kappa shape index (κ2) is 8.64. The van der Waals surface area contributed by atoms with Crippen molar-refractivity contribution >= 4 is 17.5 Å². The molecule has 0 spiro atoms. The van der Waals surface area contributed by atoms with Crippen LogP contribution in [0.5, 0.6) is 0 Å². The van der Waals surface area contributed by atoms with Gasteiger partial charge >= 0.3 is 0 Å². The van der Waals surface area contributed by atoms with Crippen LogP contribution in [0.25, 0.3) is 11.4 Å². The van der Waals surface area contributed by atoms with Crippen molar-refractivity contribution < 1.29 is 9.32 Å². The molecule has 1 amide bonds. The molecule has 0 atom stereocenters. The van der Waals surface area contributed by atoms with Crippen molar-refractivity contribution in [1.82, 2.24) is 20.4 Å². The second-order valence-electron chi connectivity index (χ2n) is 7.21. The van der Waals surface area contributed by atoms with E-state index in [0.717, 1.165) is 38.0 Å². The lowest BCUT2D eigenvalue weighted by molar-refractivity contribution is -0.126. The molecule has 1 aromatic carbocycles. The molecule has 2 aromatic rings. The average Bonchev–Trinajstić information content (AvgIpc) is 3.09. The van der Waals surface area contributed by atoms with Crippen LogP contribution in [0.3, 0.4) is 0 Å². The molecule has 1 fully saturated rings. The monoisotopic (exact) mass is 376 g/mol. The van der Waals surface area contributed by atoms with E-state index < -0.39 is 0 Å². The van der Waals surface area contributed by atoms with Gasteiger partial charge in [-0.05, 0) is 44.0 Å². The molecule has 26 heavy (non-hydrogen) atoms. The quantitative estimate of drug-likeness (QED) is 0.836. The highest BCUT2D eigenvalue weighted by Crippen LogP contribution is 2.22. The SMILES string of the molecule is CC(C)CNC(=O)C1CCN(Cc2nc(-c3cccc(Cl)c3)no2)CC1. The number of nitrogens with zero attached hydrogens (tertiary/aromatic N) is 3. The third kappa shape index (κ3) is 5.05. The van der Waals surface area contributed by atoms with Crippen molar-refractivity contribution in [3.8, 4) is 11.4 Å². The second-order valence-corrected chi connectivity index (χ2v) is 7.65. The lowest BCUT2D eigenvalue weighted by Gasteiger charge is -2.30.